The van der Waals surface area contributed by atoms with Crippen molar-refractivity contribution in [2.24, 2.45) is 0 Å². The van der Waals surface area contributed by atoms with Gasteiger partial charge in [0.25, 0.3) is 0 Å². The second-order valence-electron chi connectivity index (χ2n) is 8.36. The number of halogens is 5. The lowest BCUT2D eigenvalue weighted by atomic mass is 10.1. The van der Waals surface area contributed by atoms with E-state index in [9.17, 15) is 27.1 Å². The number of ether oxygens (including phenoxy) is 1. The Morgan fingerprint density at radius 1 is 0.811 bits per heavy atom. The molecule has 37 heavy (non-hydrogen) atoms. The first-order valence-electron chi connectivity index (χ1n) is 11.2. The van der Waals surface area contributed by atoms with Crippen LogP contribution in [-0.4, -0.2) is 21.2 Å². The number of rotatable bonds is 4. The third-order valence-corrected chi connectivity index (χ3v) is 5.41. The molecule has 0 fully saturated rings. The molecule has 0 amide bonds. The predicted octanol–water partition coefficient (Wildman–Crippen LogP) is 7.19. The molecule has 1 unspecified atom stereocenters. The van der Waals surface area contributed by atoms with Crippen molar-refractivity contribution in [1.29, 1.82) is 0 Å². The maximum Gasteiger partial charge on any atom is 0.184 e. The van der Waals surface area contributed by atoms with Gasteiger partial charge in [0.1, 0.15) is 28.3 Å². The van der Waals surface area contributed by atoms with Gasteiger partial charge in [-0.1, -0.05) is 12.1 Å². The van der Waals surface area contributed by atoms with Crippen LogP contribution in [0.4, 0.5) is 22.0 Å². The topological polar surface area (TPSA) is 55.2 Å². The summed E-state index contributed by atoms with van der Waals surface area (Å²) in [6.45, 7) is 3.29. The summed E-state index contributed by atoms with van der Waals surface area (Å²) in [5, 5.41) is 10.5. The molecule has 0 bridgehead atoms. The minimum Gasteiger partial charge on any atom is -0.455 e. The minimum absolute atomic E-state index is 0.0862. The number of aliphatic hydroxyl groups is 1. The van der Waals surface area contributed by atoms with Gasteiger partial charge in [-0.3, -0.25) is 0 Å². The molecule has 0 saturated carbocycles. The Balaban J connectivity index is 0.000000207. The van der Waals surface area contributed by atoms with Gasteiger partial charge in [0.15, 0.2) is 23.3 Å². The first kappa shape index (κ1) is 26.0. The summed E-state index contributed by atoms with van der Waals surface area (Å²) in [6, 6.07) is 14.3. The van der Waals surface area contributed by atoms with E-state index < -0.39 is 35.2 Å². The lowest BCUT2D eigenvalue weighted by Crippen LogP contribution is -2.07. The molecule has 0 aliphatic heterocycles. The highest BCUT2D eigenvalue weighted by molar-refractivity contribution is 5.80. The summed E-state index contributed by atoms with van der Waals surface area (Å²) in [6.07, 6.45) is 0.584. The van der Waals surface area contributed by atoms with E-state index in [1.165, 1.54) is 36.5 Å². The quantitative estimate of drug-likeness (QED) is 0.259. The lowest BCUT2D eigenvalue weighted by molar-refractivity contribution is 0.193. The molecular formula is C28H21F5N2O2. The van der Waals surface area contributed by atoms with Gasteiger partial charge in [-0.25, -0.2) is 31.9 Å². The van der Waals surface area contributed by atoms with Crippen molar-refractivity contribution in [3.8, 4) is 11.5 Å². The molecule has 0 aliphatic carbocycles. The van der Waals surface area contributed by atoms with Gasteiger partial charge in [0.2, 0.25) is 0 Å². The molecule has 2 heterocycles. The summed E-state index contributed by atoms with van der Waals surface area (Å²) in [5.74, 6) is -3.74. The summed E-state index contributed by atoms with van der Waals surface area (Å²) >= 11 is 0. The van der Waals surface area contributed by atoms with Crippen LogP contribution in [0.3, 0.4) is 0 Å². The zero-order valence-electron chi connectivity index (χ0n) is 19.8. The zero-order valence-corrected chi connectivity index (χ0v) is 19.8. The second kappa shape index (κ2) is 10.9. The Morgan fingerprint density at radius 2 is 1.46 bits per heavy atom. The van der Waals surface area contributed by atoms with Crippen LogP contribution in [0.15, 0.2) is 66.9 Å². The van der Waals surface area contributed by atoms with E-state index in [4.69, 9.17) is 4.74 Å². The van der Waals surface area contributed by atoms with Crippen LogP contribution >= 0.6 is 0 Å². The van der Waals surface area contributed by atoms with Crippen molar-refractivity contribution < 1.29 is 31.8 Å². The van der Waals surface area contributed by atoms with Crippen LogP contribution in [0.25, 0.3) is 21.8 Å². The number of benzene rings is 3. The monoisotopic (exact) mass is 512 g/mol. The van der Waals surface area contributed by atoms with E-state index in [1.807, 2.05) is 0 Å². The summed E-state index contributed by atoms with van der Waals surface area (Å²) in [5.41, 5.74) is 0.903. The molecule has 4 nitrogen and oxygen atoms in total. The van der Waals surface area contributed by atoms with Crippen molar-refractivity contribution in [2.45, 2.75) is 26.4 Å². The van der Waals surface area contributed by atoms with Crippen molar-refractivity contribution >= 4 is 21.8 Å². The average molecular weight is 512 g/mol. The molecule has 3 aromatic carbocycles. The van der Waals surface area contributed by atoms with Crippen molar-refractivity contribution in [1.82, 2.24) is 9.97 Å². The van der Waals surface area contributed by atoms with Crippen LogP contribution < -0.4 is 4.74 Å². The van der Waals surface area contributed by atoms with Crippen LogP contribution in [-0.2, 0) is 6.42 Å². The molecule has 2 aromatic heterocycles. The maximum atomic E-state index is 14.0. The Morgan fingerprint density at radius 3 is 2.16 bits per heavy atom. The third kappa shape index (κ3) is 5.83. The average Bonchev–Trinajstić information content (AvgIpc) is 2.86. The Bertz CT molecular complexity index is 1590. The van der Waals surface area contributed by atoms with Crippen LogP contribution in [0, 0.1) is 36.0 Å². The number of fused-ring (bicyclic) bond motifs is 2. The van der Waals surface area contributed by atoms with Gasteiger partial charge in [-0.05, 0) is 62.4 Å². The first-order valence-corrected chi connectivity index (χ1v) is 11.2. The van der Waals surface area contributed by atoms with Gasteiger partial charge in [0.05, 0.1) is 12.3 Å². The van der Waals surface area contributed by atoms with Gasteiger partial charge in [0, 0.05) is 28.5 Å². The van der Waals surface area contributed by atoms with Crippen LogP contribution in [0.1, 0.15) is 18.2 Å². The van der Waals surface area contributed by atoms with Gasteiger partial charge in [-0.2, -0.15) is 0 Å². The number of aryl methyl sites for hydroxylation is 1. The molecule has 0 spiro atoms. The van der Waals surface area contributed by atoms with E-state index in [1.54, 1.807) is 32.0 Å². The summed E-state index contributed by atoms with van der Waals surface area (Å²) in [7, 11) is 0. The third-order valence-electron chi connectivity index (χ3n) is 5.41. The normalized spacial score (nSPS) is 11.8. The van der Waals surface area contributed by atoms with E-state index in [0.717, 1.165) is 12.1 Å². The highest BCUT2D eigenvalue weighted by Crippen LogP contribution is 2.30. The van der Waals surface area contributed by atoms with Crippen molar-refractivity contribution in [3.63, 3.8) is 0 Å². The van der Waals surface area contributed by atoms with Gasteiger partial charge >= 0.3 is 0 Å². The highest BCUT2D eigenvalue weighted by Gasteiger charge is 2.14. The number of nitrogens with zero attached hydrogens (tertiary/aromatic N) is 2. The van der Waals surface area contributed by atoms with E-state index >= 15 is 0 Å². The Kier molecular flexibility index (Phi) is 7.63. The fraction of sp³-hybridized carbons (Fsp3) is 0.143. The SMILES string of the molecule is CC(O)Cc1c(F)cccc1Oc1cnc2c(F)c(F)ccc2c1.Cc1ccc2ccc(F)c(F)c2n1. The summed E-state index contributed by atoms with van der Waals surface area (Å²) in [4.78, 5) is 7.79. The summed E-state index contributed by atoms with van der Waals surface area (Å²) < 4.78 is 72.4. The molecule has 1 atom stereocenters. The first-order chi connectivity index (χ1) is 17.6. The van der Waals surface area contributed by atoms with E-state index in [-0.39, 0.29) is 34.5 Å². The van der Waals surface area contributed by atoms with Gasteiger partial charge < -0.3 is 9.84 Å². The molecule has 0 aliphatic rings. The maximum absolute atomic E-state index is 14.0. The number of aliphatic hydroxyl groups excluding tert-OH is 1. The Hall–Kier alpha value is -4.11. The largest absolute Gasteiger partial charge is 0.455 e. The van der Waals surface area contributed by atoms with Gasteiger partial charge in [-0.15, -0.1) is 0 Å². The molecule has 5 aromatic rings. The molecule has 1 N–H and O–H groups in total. The predicted molar refractivity (Wildman–Crippen MR) is 130 cm³/mol. The smallest absolute Gasteiger partial charge is 0.184 e. The number of aromatic nitrogens is 2. The molecule has 190 valence electrons. The standard InChI is InChI=1S/C18H14F3NO2.C10H7F2N/c1-10(23)7-13-14(19)3-2-4-16(13)24-12-8-11-5-6-15(20)17(21)18(11)22-9-12;1-6-2-3-7-4-5-8(11)9(12)10(7)13-6/h2-6,8-10,23H,7H2,1H3;2-5H,1H3. The van der Waals surface area contributed by atoms with Crippen molar-refractivity contribution in [3.05, 3.63) is 107 Å². The second-order valence-corrected chi connectivity index (χ2v) is 8.36. The fourth-order valence-corrected chi connectivity index (χ4v) is 3.66. The molecule has 5 rings (SSSR count). The molecule has 0 radical (unpaired) electrons. The highest BCUT2D eigenvalue weighted by atomic mass is 19.2. The molecule has 9 heteroatoms. The zero-order chi connectivity index (χ0) is 26.7. The van der Waals surface area contributed by atoms with E-state index in [2.05, 4.69) is 9.97 Å². The van der Waals surface area contributed by atoms with E-state index in [0.29, 0.717) is 16.5 Å². The van der Waals surface area contributed by atoms with Crippen LogP contribution in [0.2, 0.25) is 0 Å². The molecular weight excluding hydrogens is 491 g/mol. The number of hydrogen-bond donors (Lipinski definition) is 1. The number of pyridine rings is 2. The number of hydrogen-bond acceptors (Lipinski definition) is 4. The minimum atomic E-state index is -1.03. The Labute approximate surface area is 209 Å². The lowest BCUT2D eigenvalue weighted by Gasteiger charge is -2.13. The van der Waals surface area contributed by atoms with Crippen molar-refractivity contribution in [2.75, 3.05) is 0 Å². The fourth-order valence-electron chi connectivity index (χ4n) is 3.66. The van der Waals surface area contributed by atoms with Crippen LogP contribution in [0.5, 0.6) is 11.5 Å². The molecule has 0 saturated heterocycles.